The highest BCUT2D eigenvalue weighted by atomic mass is 32.1. The highest BCUT2D eigenvalue weighted by Crippen LogP contribution is 2.42. The zero-order valence-corrected chi connectivity index (χ0v) is 18.3. The van der Waals surface area contributed by atoms with Gasteiger partial charge in [0.2, 0.25) is 5.91 Å². The van der Waals surface area contributed by atoms with Crippen molar-refractivity contribution in [2.24, 2.45) is 0 Å². The second-order valence-corrected chi connectivity index (χ2v) is 9.20. The minimum atomic E-state index is 0.223. The van der Waals surface area contributed by atoms with E-state index in [9.17, 15) is 4.79 Å². The van der Waals surface area contributed by atoms with Gasteiger partial charge in [-0.05, 0) is 31.5 Å². The molecule has 2 aliphatic heterocycles. The molecule has 5 rings (SSSR count). The molecule has 8 heteroatoms. The van der Waals surface area contributed by atoms with E-state index < -0.39 is 0 Å². The summed E-state index contributed by atoms with van der Waals surface area (Å²) in [4.78, 5) is 24.5. The second kappa shape index (κ2) is 7.50. The Morgan fingerprint density at radius 1 is 1.33 bits per heavy atom. The normalized spacial score (nSPS) is 15.9. The number of carbonyl (C=O) groups excluding carboxylic acids is 1. The van der Waals surface area contributed by atoms with E-state index in [4.69, 9.17) is 9.72 Å². The lowest BCUT2D eigenvalue weighted by Gasteiger charge is -2.39. The average molecular weight is 424 g/mol. The van der Waals surface area contributed by atoms with Crippen LogP contribution in [0.2, 0.25) is 0 Å². The van der Waals surface area contributed by atoms with Crippen molar-refractivity contribution >= 4 is 17.2 Å². The summed E-state index contributed by atoms with van der Waals surface area (Å²) < 4.78 is 7.93. The van der Waals surface area contributed by atoms with Gasteiger partial charge in [0.05, 0.1) is 12.3 Å². The zero-order valence-electron chi connectivity index (χ0n) is 17.5. The van der Waals surface area contributed by atoms with Crippen molar-refractivity contribution in [1.29, 1.82) is 0 Å². The zero-order chi connectivity index (χ0) is 20.8. The van der Waals surface area contributed by atoms with E-state index in [0.717, 1.165) is 47.3 Å². The summed E-state index contributed by atoms with van der Waals surface area (Å²) in [5.41, 5.74) is 3.27. The summed E-state index contributed by atoms with van der Waals surface area (Å²) in [5, 5.41) is 5.26. The standard InChI is InChI=1S/C22H25N5O2S/c1-4-19(28)26-10-15(11-26)14-5-6-17-16(9-14)20-18(7-8-29-17)30-22(25-20)21-23-12-24-27(21)13(2)3/h5-6,9,12-13,15H,4,7-8,10-11H2,1-3H3. The maximum Gasteiger partial charge on any atom is 0.222 e. The number of hydrogen-bond acceptors (Lipinski definition) is 6. The summed E-state index contributed by atoms with van der Waals surface area (Å²) in [6.45, 7) is 8.32. The minimum absolute atomic E-state index is 0.223. The van der Waals surface area contributed by atoms with Crippen molar-refractivity contribution in [3.05, 3.63) is 35.0 Å². The summed E-state index contributed by atoms with van der Waals surface area (Å²) in [5.74, 6) is 2.29. The number of nitrogens with zero attached hydrogens (tertiary/aromatic N) is 5. The van der Waals surface area contributed by atoms with Gasteiger partial charge in [-0.1, -0.05) is 13.0 Å². The predicted molar refractivity (Wildman–Crippen MR) is 116 cm³/mol. The Balaban J connectivity index is 1.50. The average Bonchev–Trinajstić information content (AvgIpc) is 3.31. The van der Waals surface area contributed by atoms with Crippen LogP contribution >= 0.6 is 11.3 Å². The van der Waals surface area contributed by atoms with Crippen molar-refractivity contribution in [3.63, 3.8) is 0 Å². The van der Waals surface area contributed by atoms with Gasteiger partial charge in [-0.2, -0.15) is 5.10 Å². The molecule has 0 atom stereocenters. The maximum atomic E-state index is 11.9. The molecule has 0 bridgehead atoms. The van der Waals surface area contributed by atoms with Crippen LogP contribution in [-0.2, 0) is 11.2 Å². The van der Waals surface area contributed by atoms with E-state index in [0.29, 0.717) is 18.9 Å². The molecule has 7 nitrogen and oxygen atoms in total. The largest absolute Gasteiger partial charge is 0.493 e. The molecule has 156 valence electrons. The molecule has 0 radical (unpaired) electrons. The first-order chi connectivity index (χ1) is 14.5. The Hall–Kier alpha value is -2.74. The molecule has 1 saturated heterocycles. The lowest BCUT2D eigenvalue weighted by atomic mass is 9.89. The van der Waals surface area contributed by atoms with Gasteiger partial charge in [0, 0.05) is 48.3 Å². The van der Waals surface area contributed by atoms with Crippen LogP contribution in [0.1, 0.15) is 49.6 Å². The molecule has 0 aliphatic carbocycles. The Labute approximate surface area is 179 Å². The van der Waals surface area contributed by atoms with E-state index >= 15 is 0 Å². The fourth-order valence-corrected chi connectivity index (χ4v) is 5.14. The van der Waals surface area contributed by atoms with E-state index in [1.165, 1.54) is 10.4 Å². The van der Waals surface area contributed by atoms with Crippen LogP contribution in [0.15, 0.2) is 24.5 Å². The van der Waals surface area contributed by atoms with Crippen LogP contribution in [0.5, 0.6) is 5.75 Å². The highest BCUT2D eigenvalue weighted by Gasteiger charge is 2.32. The summed E-state index contributed by atoms with van der Waals surface area (Å²) in [6, 6.07) is 6.61. The number of amides is 1. The van der Waals surface area contributed by atoms with E-state index in [1.54, 1.807) is 17.7 Å². The van der Waals surface area contributed by atoms with Gasteiger partial charge in [-0.3, -0.25) is 4.79 Å². The number of fused-ring (bicyclic) bond motifs is 3. The van der Waals surface area contributed by atoms with Crippen molar-refractivity contribution < 1.29 is 9.53 Å². The highest BCUT2D eigenvalue weighted by molar-refractivity contribution is 7.15. The lowest BCUT2D eigenvalue weighted by Crippen LogP contribution is -2.48. The smallest absolute Gasteiger partial charge is 0.222 e. The van der Waals surface area contributed by atoms with Crippen molar-refractivity contribution in [3.8, 4) is 27.8 Å². The van der Waals surface area contributed by atoms with Crippen LogP contribution in [-0.4, -0.2) is 50.3 Å². The predicted octanol–water partition coefficient (Wildman–Crippen LogP) is 3.92. The Bertz CT molecular complexity index is 1100. The number of carbonyl (C=O) groups is 1. The SMILES string of the molecule is CCC(=O)N1CC(c2ccc3c(c2)-c2nc(-c4ncnn4C(C)C)sc2CCO3)C1. The Kier molecular flexibility index (Phi) is 4.81. The topological polar surface area (TPSA) is 73.1 Å². The van der Waals surface area contributed by atoms with E-state index in [-0.39, 0.29) is 11.9 Å². The molecule has 2 aromatic heterocycles. The van der Waals surface area contributed by atoms with Gasteiger partial charge in [-0.25, -0.2) is 14.6 Å². The summed E-state index contributed by atoms with van der Waals surface area (Å²) in [7, 11) is 0. The third kappa shape index (κ3) is 3.19. The number of rotatable bonds is 4. The van der Waals surface area contributed by atoms with Gasteiger partial charge in [0.15, 0.2) is 10.8 Å². The summed E-state index contributed by atoms with van der Waals surface area (Å²) >= 11 is 1.68. The molecular weight excluding hydrogens is 398 g/mol. The van der Waals surface area contributed by atoms with E-state index in [2.05, 4.69) is 42.1 Å². The van der Waals surface area contributed by atoms with Crippen molar-refractivity contribution in [2.75, 3.05) is 19.7 Å². The van der Waals surface area contributed by atoms with Crippen LogP contribution in [0.4, 0.5) is 0 Å². The van der Waals surface area contributed by atoms with Crippen molar-refractivity contribution in [1.82, 2.24) is 24.6 Å². The molecule has 0 spiro atoms. The second-order valence-electron chi connectivity index (χ2n) is 8.12. The van der Waals surface area contributed by atoms with Gasteiger partial charge in [-0.15, -0.1) is 11.3 Å². The molecule has 0 N–H and O–H groups in total. The number of aromatic nitrogens is 4. The van der Waals surface area contributed by atoms with Gasteiger partial charge < -0.3 is 9.64 Å². The molecular formula is C22H25N5O2S. The Morgan fingerprint density at radius 2 is 2.17 bits per heavy atom. The fourth-order valence-electron chi connectivity index (χ4n) is 4.09. The molecule has 1 amide bonds. The maximum absolute atomic E-state index is 11.9. The molecule has 0 saturated carbocycles. The molecule has 3 aromatic rings. The minimum Gasteiger partial charge on any atom is -0.493 e. The van der Waals surface area contributed by atoms with Crippen LogP contribution in [0.3, 0.4) is 0 Å². The Morgan fingerprint density at radius 3 is 2.93 bits per heavy atom. The van der Waals surface area contributed by atoms with Crippen molar-refractivity contribution in [2.45, 2.75) is 45.6 Å². The van der Waals surface area contributed by atoms with Gasteiger partial charge in [0.25, 0.3) is 0 Å². The molecule has 30 heavy (non-hydrogen) atoms. The first-order valence-electron chi connectivity index (χ1n) is 10.5. The lowest BCUT2D eigenvalue weighted by molar-refractivity contribution is -0.135. The number of ether oxygens (including phenoxy) is 1. The number of likely N-dealkylation sites (tertiary alicyclic amines) is 1. The fraction of sp³-hybridized carbons (Fsp3) is 0.455. The number of benzene rings is 1. The van der Waals surface area contributed by atoms with Crippen LogP contribution < -0.4 is 4.74 Å². The van der Waals surface area contributed by atoms with Crippen LogP contribution in [0, 0.1) is 0 Å². The quantitative estimate of drug-likeness (QED) is 0.636. The number of thiazole rings is 1. The third-order valence-electron chi connectivity index (χ3n) is 5.80. The molecule has 1 aromatic carbocycles. The molecule has 4 heterocycles. The van der Waals surface area contributed by atoms with E-state index in [1.807, 2.05) is 16.5 Å². The number of hydrogen-bond donors (Lipinski definition) is 0. The van der Waals surface area contributed by atoms with Crippen LogP contribution in [0.25, 0.3) is 22.1 Å². The monoisotopic (exact) mass is 423 g/mol. The molecule has 0 unspecified atom stereocenters. The first-order valence-corrected chi connectivity index (χ1v) is 11.3. The van der Waals surface area contributed by atoms with Gasteiger partial charge >= 0.3 is 0 Å². The summed E-state index contributed by atoms with van der Waals surface area (Å²) in [6.07, 6.45) is 2.99. The third-order valence-corrected chi connectivity index (χ3v) is 6.92. The first kappa shape index (κ1) is 19.2. The molecule has 2 aliphatic rings. The van der Waals surface area contributed by atoms with Gasteiger partial charge in [0.1, 0.15) is 12.1 Å². The molecule has 1 fully saturated rings.